The molecule has 0 saturated carbocycles. The molecule has 0 atom stereocenters. The summed E-state index contributed by atoms with van der Waals surface area (Å²) in [5, 5.41) is 8.86. The van der Waals surface area contributed by atoms with Gasteiger partial charge in [-0.15, -0.1) is 0 Å². The molecule has 1 aliphatic heterocycles. The van der Waals surface area contributed by atoms with Crippen LogP contribution in [0.1, 0.15) is 11.1 Å². The van der Waals surface area contributed by atoms with Crippen molar-refractivity contribution in [3.8, 4) is 0 Å². The highest BCUT2D eigenvalue weighted by atomic mass is 19.4. The summed E-state index contributed by atoms with van der Waals surface area (Å²) >= 11 is 0. The SMILES string of the molecule is OCC1CN(CCc2ccc(C(F)(F)F)cc2)C1. The van der Waals surface area contributed by atoms with Crippen molar-refractivity contribution in [1.29, 1.82) is 0 Å². The van der Waals surface area contributed by atoms with E-state index >= 15 is 0 Å². The highest BCUT2D eigenvalue weighted by Crippen LogP contribution is 2.29. The maximum Gasteiger partial charge on any atom is 0.416 e. The molecule has 1 aliphatic rings. The Morgan fingerprint density at radius 1 is 1.17 bits per heavy atom. The first kappa shape index (κ1) is 13.4. The average Bonchev–Trinajstić information content (AvgIpc) is 2.27. The monoisotopic (exact) mass is 259 g/mol. The van der Waals surface area contributed by atoms with E-state index in [2.05, 4.69) is 4.90 Å². The number of hydrogen-bond donors (Lipinski definition) is 1. The summed E-state index contributed by atoms with van der Waals surface area (Å²) in [7, 11) is 0. The zero-order chi connectivity index (χ0) is 13.2. The molecule has 0 spiro atoms. The third-order valence-corrected chi connectivity index (χ3v) is 3.29. The fourth-order valence-corrected chi connectivity index (χ4v) is 2.12. The van der Waals surface area contributed by atoms with Crippen molar-refractivity contribution in [2.45, 2.75) is 12.6 Å². The molecule has 1 aromatic rings. The molecule has 0 aromatic heterocycles. The van der Waals surface area contributed by atoms with E-state index in [9.17, 15) is 13.2 Å². The van der Waals surface area contributed by atoms with Crippen molar-refractivity contribution in [2.24, 2.45) is 5.92 Å². The van der Waals surface area contributed by atoms with E-state index in [1.165, 1.54) is 12.1 Å². The van der Waals surface area contributed by atoms with Crippen LogP contribution in [-0.4, -0.2) is 36.2 Å². The average molecular weight is 259 g/mol. The van der Waals surface area contributed by atoms with Gasteiger partial charge >= 0.3 is 6.18 Å². The summed E-state index contributed by atoms with van der Waals surface area (Å²) in [6, 6.07) is 5.32. The van der Waals surface area contributed by atoms with Crippen molar-refractivity contribution in [1.82, 2.24) is 4.90 Å². The molecule has 1 N–H and O–H groups in total. The standard InChI is InChI=1S/C13H16F3NO/c14-13(15,16)12-3-1-10(2-4-12)5-6-17-7-11(8-17)9-18/h1-4,11,18H,5-9H2. The van der Waals surface area contributed by atoms with Crippen molar-refractivity contribution >= 4 is 0 Å². The molecule has 100 valence electrons. The first-order valence-corrected chi connectivity index (χ1v) is 5.98. The van der Waals surface area contributed by atoms with E-state index in [1.54, 1.807) is 0 Å². The van der Waals surface area contributed by atoms with Gasteiger partial charge in [-0.2, -0.15) is 13.2 Å². The van der Waals surface area contributed by atoms with Gasteiger partial charge in [-0.25, -0.2) is 0 Å². The van der Waals surface area contributed by atoms with Gasteiger partial charge in [0, 0.05) is 32.2 Å². The first-order chi connectivity index (χ1) is 8.49. The summed E-state index contributed by atoms with van der Waals surface area (Å²) in [5.41, 5.74) is 0.311. The molecular formula is C13H16F3NO. The number of rotatable bonds is 4. The third-order valence-electron chi connectivity index (χ3n) is 3.29. The minimum Gasteiger partial charge on any atom is -0.396 e. The summed E-state index contributed by atoms with van der Waals surface area (Å²) in [6.45, 7) is 2.83. The third kappa shape index (κ3) is 3.23. The van der Waals surface area contributed by atoms with Crippen LogP contribution < -0.4 is 0 Å². The van der Waals surface area contributed by atoms with Crippen molar-refractivity contribution in [3.05, 3.63) is 35.4 Å². The van der Waals surface area contributed by atoms with Crippen molar-refractivity contribution < 1.29 is 18.3 Å². The molecule has 2 rings (SSSR count). The maximum atomic E-state index is 12.3. The highest BCUT2D eigenvalue weighted by Gasteiger charge is 2.30. The molecule has 1 fully saturated rings. The van der Waals surface area contributed by atoms with E-state index in [1.807, 2.05) is 0 Å². The van der Waals surface area contributed by atoms with E-state index in [-0.39, 0.29) is 6.61 Å². The van der Waals surface area contributed by atoms with Crippen LogP contribution in [0.25, 0.3) is 0 Å². The number of aliphatic hydroxyl groups excluding tert-OH is 1. The molecule has 0 radical (unpaired) electrons. The second kappa shape index (κ2) is 5.28. The van der Waals surface area contributed by atoms with Crippen LogP contribution in [0.4, 0.5) is 13.2 Å². The first-order valence-electron chi connectivity index (χ1n) is 5.98. The molecule has 0 bridgehead atoms. The lowest BCUT2D eigenvalue weighted by Gasteiger charge is -2.38. The summed E-state index contributed by atoms with van der Waals surface area (Å²) in [5.74, 6) is 0.373. The van der Waals surface area contributed by atoms with Crippen LogP contribution in [0.3, 0.4) is 0 Å². The molecule has 2 nitrogen and oxygen atoms in total. The van der Waals surface area contributed by atoms with Gasteiger partial charge < -0.3 is 10.0 Å². The van der Waals surface area contributed by atoms with E-state index in [4.69, 9.17) is 5.11 Å². The Kier molecular flexibility index (Phi) is 3.92. The number of likely N-dealkylation sites (tertiary alicyclic amines) is 1. The lowest BCUT2D eigenvalue weighted by molar-refractivity contribution is -0.137. The number of benzene rings is 1. The number of nitrogens with zero attached hydrogens (tertiary/aromatic N) is 1. The smallest absolute Gasteiger partial charge is 0.396 e. The Balaban J connectivity index is 1.81. The number of aliphatic hydroxyl groups is 1. The minimum atomic E-state index is -4.26. The fourth-order valence-electron chi connectivity index (χ4n) is 2.12. The van der Waals surface area contributed by atoms with Crippen LogP contribution >= 0.6 is 0 Å². The number of halogens is 3. The van der Waals surface area contributed by atoms with Gasteiger partial charge in [0.1, 0.15) is 0 Å². The maximum absolute atomic E-state index is 12.3. The zero-order valence-corrected chi connectivity index (χ0v) is 9.95. The van der Waals surface area contributed by atoms with E-state index < -0.39 is 11.7 Å². The van der Waals surface area contributed by atoms with Crippen LogP contribution in [0, 0.1) is 5.92 Å². The molecule has 1 saturated heterocycles. The van der Waals surface area contributed by atoms with Crippen LogP contribution in [0.15, 0.2) is 24.3 Å². The van der Waals surface area contributed by atoms with E-state index in [0.29, 0.717) is 5.92 Å². The Hall–Kier alpha value is -1.07. The summed E-state index contributed by atoms with van der Waals surface area (Å²) in [4.78, 5) is 2.19. The summed E-state index contributed by atoms with van der Waals surface area (Å²) < 4.78 is 37.0. The predicted molar refractivity (Wildman–Crippen MR) is 62.2 cm³/mol. The van der Waals surface area contributed by atoms with Gasteiger partial charge in [0.05, 0.1) is 5.56 Å². The van der Waals surface area contributed by atoms with Crippen molar-refractivity contribution in [3.63, 3.8) is 0 Å². The minimum absolute atomic E-state index is 0.219. The molecule has 0 unspecified atom stereocenters. The van der Waals surface area contributed by atoms with Crippen LogP contribution in [0.5, 0.6) is 0 Å². The molecule has 18 heavy (non-hydrogen) atoms. The van der Waals surface area contributed by atoms with Crippen molar-refractivity contribution in [2.75, 3.05) is 26.2 Å². The quantitative estimate of drug-likeness (QED) is 0.895. The Labute approximate surface area is 104 Å². The second-order valence-electron chi connectivity index (χ2n) is 4.75. The Morgan fingerprint density at radius 2 is 1.78 bits per heavy atom. The second-order valence-corrected chi connectivity index (χ2v) is 4.75. The topological polar surface area (TPSA) is 23.5 Å². The normalized spacial score (nSPS) is 17.8. The molecular weight excluding hydrogens is 243 g/mol. The molecule has 5 heteroatoms. The zero-order valence-electron chi connectivity index (χ0n) is 9.95. The molecule has 0 aliphatic carbocycles. The highest BCUT2D eigenvalue weighted by molar-refractivity contribution is 5.24. The lowest BCUT2D eigenvalue weighted by atomic mass is 10.0. The Bertz CT molecular complexity index is 382. The molecule has 1 aromatic carbocycles. The van der Waals surface area contributed by atoms with Gasteiger partial charge in [-0.1, -0.05) is 12.1 Å². The molecule has 1 heterocycles. The fraction of sp³-hybridized carbons (Fsp3) is 0.538. The molecule has 0 amide bonds. The van der Waals surface area contributed by atoms with Gasteiger partial charge in [-0.05, 0) is 24.1 Å². The van der Waals surface area contributed by atoms with Crippen LogP contribution in [0.2, 0.25) is 0 Å². The van der Waals surface area contributed by atoms with Gasteiger partial charge in [-0.3, -0.25) is 0 Å². The summed E-state index contributed by atoms with van der Waals surface area (Å²) in [6.07, 6.45) is -3.51. The van der Waals surface area contributed by atoms with Gasteiger partial charge in [0.2, 0.25) is 0 Å². The number of alkyl halides is 3. The largest absolute Gasteiger partial charge is 0.416 e. The Morgan fingerprint density at radius 3 is 2.28 bits per heavy atom. The van der Waals surface area contributed by atoms with E-state index in [0.717, 1.165) is 43.8 Å². The lowest BCUT2D eigenvalue weighted by Crippen LogP contribution is -2.48. The van der Waals surface area contributed by atoms with Gasteiger partial charge in [0.25, 0.3) is 0 Å². The number of hydrogen-bond acceptors (Lipinski definition) is 2. The van der Waals surface area contributed by atoms with Crippen LogP contribution in [-0.2, 0) is 12.6 Å². The van der Waals surface area contributed by atoms with Gasteiger partial charge in [0.15, 0.2) is 0 Å². The predicted octanol–water partition coefficient (Wildman–Crippen LogP) is 2.17.